The molecular weight excluding hydrogens is 276 g/mol. The molecular formula is C18H24N2O2. The Morgan fingerprint density at radius 1 is 1.27 bits per heavy atom. The number of carbonyl (C=O) groups excluding carboxylic acids is 1. The molecule has 0 spiro atoms. The normalized spacial score (nSPS) is 20.4. The molecule has 0 bridgehead atoms. The number of hydrogen-bond acceptors (Lipinski definition) is 2. The van der Waals surface area contributed by atoms with Crippen LogP contribution in [-0.4, -0.2) is 25.2 Å². The van der Waals surface area contributed by atoms with Crippen molar-refractivity contribution in [1.82, 2.24) is 10.6 Å². The Bertz CT molecular complexity index is 554. The molecule has 1 heterocycles. The summed E-state index contributed by atoms with van der Waals surface area (Å²) in [5.41, 5.74) is 2.65. The van der Waals surface area contributed by atoms with Gasteiger partial charge in [-0.15, -0.1) is 0 Å². The minimum absolute atomic E-state index is 0.0452. The summed E-state index contributed by atoms with van der Waals surface area (Å²) in [4.78, 5) is 12.0. The van der Waals surface area contributed by atoms with E-state index in [0.717, 1.165) is 24.2 Å². The Morgan fingerprint density at radius 2 is 2.18 bits per heavy atom. The predicted molar refractivity (Wildman–Crippen MR) is 87.1 cm³/mol. The minimum atomic E-state index is -0.0932. The smallest absolute Gasteiger partial charge is 0.315 e. The van der Waals surface area contributed by atoms with Gasteiger partial charge < -0.3 is 15.4 Å². The molecule has 0 saturated carbocycles. The van der Waals surface area contributed by atoms with E-state index in [4.69, 9.17) is 4.74 Å². The van der Waals surface area contributed by atoms with Crippen molar-refractivity contribution in [3.05, 3.63) is 41.5 Å². The number of benzene rings is 1. The molecule has 2 aliphatic rings. The van der Waals surface area contributed by atoms with Crippen molar-refractivity contribution in [2.24, 2.45) is 0 Å². The van der Waals surface area contributed by atoms with Gasteiger partial charge in [-0.1, -0.05) is 29.8 Å². The summed E-state index contributed by atoms with van der Waals surface area (Å²) in [6.45, 7) is 1.25. The molecule has 1 unspecified atom stereocenters. The molecule has 1 atom stereocenters. The van der Waals surface area contributed by atoms with Crippen LogP contribution in [0.3, 0.4) is 0 Å². The lowest BCUT2D eigenvalue weighted by atomic mass is 9.97. The molecule has 1 aromatic rings. The fourth-order valence-corrected chi connectivity index (χ4v) is 3.13. The molecule has 2 N–H and O–H groups in total. The van der Waals surface area contributed by atoms with E-state index in [-0.39, 0.29) is 12.1 Å². The lowest BCUT2D eigenvalue weighted by Crippen LogP contribution is -2.47. The van der Waals surface area contributed by atoms with E-state index in [9.17, 15) is 4.79 Å². The maximum absolute atomic E-state index is 12.0. The average Bonchev–Trinajstić information content (AvgIpc) is 2.56. The lowest BCUT2D eigenvalue weighted by Gasteiger charge is -2.26. The third kappa shape index (κ3) is 4.03. The number of fused-ring (bicyclic) bond motifs is 1. The van der Waals surface area contributed by atoms with Gasteiger partial charge in [0.2, 0.25) is 0 Å². The van der Waals surface area contributed by atoms with E-state index in [1.165, 1.54) is 31.3 Å². The van der Waals surface area contributed by atoms with Gasteiger partial charge in [0.15, 0.2) is 0 Å². The molecule has 0 radical (unpaired) electrons. The Balaban J connectivity index is 1.40. The molecule has 4 nitrogen and oxygen atoms in total. The fourth-order valence-electron chi connectivity index (χ4n) is 3.13. The number of nitrogens with one attached hydrogen (secondary N) is 2. The van der Waals surface area contributed by atoms with Crippen molar-refractivity contribution < 1.29 is 9.53 Å². The van der Waals surface area contributed by atoms with Gasteiger partial charge in [0.05, 0.1) is 6.04 Å². The van der Waals surface area contributed by atoms with Crippen LogP contribution in [-0.2, 0) is 6.42 Å². The number of allylic oxidation sites excluding steroid dienone is 1. The monoisotopic (exact) mass is 300 g/mol. The number of para-hydroxylation sites is 1. The van der Waals surface area contributed by atoms with Crippen LogP contribution in [0.1, 0.15) is 37.7 Å². The first-order valence-electron chi connectivity index (χ1n) is 8.24. The van der Waals surface area contributed by atoms with E-state index in [1.54, 1.807) is 0 Å². The summed E-state index contributed by atoms with van der Waals surface area (Å²) in [6.07, 6.45) is 9.11. The topological polar surface area (TPSA) is 50.4 Å². The standard InChI is InChI=1S/C18H24N2O2/c21-18(19-11-10-14-6-2-1-3-7-14)20-16-12-15-8-4-5-9-17(15)22-13-16/h4-6,8-9,16H,1-3,7,10-13H2,(H2,19,20,21). The number of carbonyl (C=O) groups is 1. The van der Waals surface area contributed by atoms with Gasteiger partial charge in [-0.25, -0.2) is 4.79 Å². The number of ether oxygens (including phenoxy) is 1. The van der Waals surface area contributed by atoms with Crippen molar-refractivity contribution in [1.29, 1.82) is 0 Å². The molecule has 118 valence electrons. The average molecular weight is 300 g/mol. The Kier molecular flexibility index (Phi) is 4.99. The highest BCUT2D eigenvalue weighted by molar-refractivity contribution is 5.74. The SMILES string of the molecule is O=C(NCCC1=CCCCC1)NC1COc2ccccc2C1. The van der Waals surface area contributed by atoms with Crippen LogP contribution in [0.25, 0.3) is 0 Å². The summed E-state index contributed by atoms with van der Waals surface area (Å²) < 4.78 is 5.68. The molecule has 0 aromatic heterocycles. The van der Waals surface area contributed by atoms with E-state index in [1.807, 2.05) is 18.2 Å². The van der Waals surface area contributed by atoms with Crippen molar-refractivity contribution in [2.75, 3.05) is 13.2 Å². The second kappa shape index (κ2) is 7.34. The van der Waals surface area contributed by atoms with Crippen LogP contribution in [0.4, 0.5) is 4.79 Å². The molecule has 1 aromatic carbocycles. The summed E-state index contributed by atoms with van der Waals surface area (Å²) in [7, 11) is 0. The molecule has 1 aliphatic carbocycles. The summed E-state index contributed by atoms with van der Waals surface area (Å²) >= 11 is 0. The van der Waals surface area contributed by atoms with E-state index < -0.39 is 0 Å². The van der Waals surface area contributed by atoms with Crippen LogP contribution < -0.4 is 15.4 Å². The van der Waals surface area contributed by atoms with Crippen molar-refractivity contribution in [3.8, 4) is 5.75 Å². The number of urea groups is 1. The predicted octanol–water partition coefficient (Wildman–Crippen LogP) is 3.18. The molecule has 0 saturated heterocycles. The van der Waals surface area contributed by atoms with Gasteiger partial charge in [-0.3, -0.25) is 0 Å². The highest BCUT2D eigenvalue weighted by Crippen LogP contribution is 2.23. The van der Waals surface area contributed by atoms with Crippen LogP contribution in [0.5, 0.6) is 5.75 Å². The molecule has 1 aliphatic heterocycles. The summed E-state index contributed by atoms with van der Waals surface area (Å²) in [6, 6.07) is 7.95. The highest BCUT2D eigenvalue weighted by Gasteiger charge is 2.20. The zero-order valence-corrected chi connectivity index (χ0v) is 12.9. The van der Waals surface area contributed by atoms with Gasteiger partial charge >= 0.3 is 6.03 Å². The molecule has 0 fully saturated rings. The van der Waals surface area contributed by atoms with Crippen molar-refractivity contribution >= 4 is 6.03 Å². The molecule has 22 heavy (non-hydrogen) atoms. The number of rotatable bonds is 4. The van der Waals surface area contributed by atoms with Crippen molar-refractivity contribution in [3.63, 3.8) is 0 Å². The van der Waals surface area contributed by atoms with Crippen LogP contribution in [0, 0.1) is 0 Å². The second-order valence-corrected chi connectivity index (χ2v) is 6.08. The Labute approximate surface area is 131 Å². The molecule has 3 rings (SSSR count). The minimum Gasteiger partial charge on any atom is -0.491 e. The van der Waals surface area contributed by atoms with Crippen LogP contribution in [0.15, 0.2) is 35.9 Å². The van der Waals surface area contributed by atoms with E-state index >= 15 is 0 Å². The van der Waals surface area contributed by atoms with E-state index in [2.05, 4.69) is 22.8 Å². The summed E-state index contributed by atoms with van der Waals surface area (Å²) in [5, 5.41) is 5.96. The van der Waals surface area contributed by atoms with Gasteiger partial charge in [-0.05, 0) is 50.2 Å². The molecule has 4 heteroatoms. The van der Waals surface area contributed by atoms with Crippen LogP contribution >= 0.6 is 0 Å². The first-order valence-corrected chi connectivity index (χ1v) is 8.24. The third-order valence-corrected chi connectivity index (χ3v) is 4.33. The van der Waals surface area contributed by atoms with Crippen molar-refractivity contribution in [2.45, 2.75) is 44.6 Å². The van der Waals surface area contributed by atoms with Gasteiger partial charge in [0.1, 0.15) is 12.4 Å². The van der Waals surface area contributed by atoms with E-state index in [0.29, 0.717) is 13.2 Å². The largest absolute Gasteiger partial charge is 0.491 e. The van der Waals surface area contributed by atoms with Gasteiger partial charge in [0.25, 0.3) is 0 Å². The first kappa shape index (κ1) is 14.9. The van der Waals surface area contributed by atoms with Gasteiger partial charge in [0, 0.05) is 6.54 Å². The second-order valence-electron chi connectivity index (χ2n) is 6.08. The number of amides is 2. The zero-order chi connectivity index (χ0) is 15.2. The maximum atomic E-state index is 12.0. The Hall–Kier alpha value is -1.97. The maximum Gasteiger partial charge on any atom is 0.315 e. The first-order chi connectivity index (χ1) is 10.8. The lowest BCUT2D eigenvalue weighted by molar-refractivity contribution is 0.214. The highest BCUT2D eigenvalue weighted by atomic mass is 16.5. The third-order valence-electron chi connectivity index (χ3n) is 4.33. The Morgan fingerprint density at radius 3 is 3.05 bits per heavy atom. The van der Waals surface area contributed by atoms with Crippen LogP contribution in [0.2, 0.25) is 0 Å². The summed E-state index contributed by atoms with van der Waals surface area (Å²) in [5.74, 6) is 0.935. The fraction of sp³-hybridized carbons (Fsp3) is 0.500. The zero-order valence-electron chi connectivity index (χ0n) is 12.9. The van der Waals surface area contributed by atoms with Gasteiger partial charge in [-0.2, -0.15) is 0 Å². The number of hydrogen-bond donors (Lipinski definition) is 2. The quantitative estimate of drug-likeness (QED) is 0.839. The molecule has 2 amide bonds.